The molecule has 4 aromatic rings. The number of aliphatic hydroxyl groups is 2. The van der Waals surface area contributed by atoms with E-state index in [1.54, 1.807) is 0 Å². The maximum Gasteiger partial charge on any atom is 0.313 e. The highest BCUT2D eigenvalue weighted by Crippen LogP contribution is 2.38. The average Bonchev–Trinajstić information content (AvgIpc) is 3.21. The number of carbonyl (C=O) groups excluding carboxylic acids is 2. The number of aliphatic hydroxyl groups excluding tert-OH is 2. The molecule has 352 valence electrons. The van der Waals surface area contributed by atoms with E-state index in [1.807, 2.05) is 100 Å². The summed E-state index contributed by atoms with van der Waals surface area (Å²) < 4.78 is 11.6. The van der Waals surface area contributed by atoms with Crippen LogP contribution in [-0.4, -0.2) is 74.7 Å². The number of hydrogen-bond donors (Lipinski definition) is 2. The van der Waals surface area contributed by atoms with Gasteiger partial charge in [0, 0.05) is 47.1 Å². The van der Waals surface area contributed by atoms with Gasteiger partial charge in [-0.15, -0.1) is 12.4 Å². The van der Waals surface area contributed by atoms with Gasteiger partial charge in [0.2, 0.25) is 0 Å². The number of carbonyl (C=O) groups is 2. The summed E-state index contributed by atoms with van der Waals surface area (Å²) in [6.07, 6.45) is 1.78. The molecule has 0 amide bonds. The molecule has 9 nitrogen and oxygen atoms in total. The van der Waals surface area contributed by atoms with E-state index in [2.05, 4.69) is 89.5 Å². The molecule has 0 saturated heterocycles. The van der Waals surface area contributed by atoms with Crippen molar-refractivity contribution in [3.05, 3.63) is 130 Å². The molecule has 0 unspecified atom stereocenters. The van der Waals surface area contributed by atoms with Gasteiger partial charge in [0.25, 0.3) is 0 Å². The maximum absolute atomic E-state index is 12.3. The smallest absolute Gasteiger partial charge is 0.313 e. The third-order valence-electron chi connectivity index (χ3n) is 11.0. The largest absolute Gasteiger partial charge is 0.426 e. The summed E-state index contributed by atoms with van der Waals surface area (Å²) in [5.74, 6) is 0.392. The number of rotatable bonds is 20. The Bertz CT molecular complexity index is 1730. The van der Waals surface area contributed by atoms with Gasteiger partial charge in [0.05, 0.1) is 25.0 Å². The van der Waals surface area contributed by atoms with E-state index in [1.165, 1.54) is 11.1 Å². The number of hydrogen-bond acceptors (Lipinski definition) is 8. The van der Waals surface area contributed by atoms with Crippen LogP contribution in [-0.2, 0) is 22.8 Å². The quantitative estimate of drug-likeness (QED) is 0.0662. The van der Waals surface area contributed by atoms with Crippen LogP contribution in [0.15, 0.2) is 97.1 Å². The van der Waals surface area contributed by atoms with Crippen molar-refractivity contribution in [2.75, 3.05) is 13.1 Å². The van der Waals surface area contributed by atoms with Crippen molar-refractivity contribution in [2.24, 2.45) is 11.8 Å². The van der Waals surface area contributed by atoms with E-state index in [-0.39, 0.29) is 74.1 Å². The van der Waals surface area contributed by atoms with Crippen LogP contribution in [0.4, 0.5) is 0 Å². The molecule has 10 heteroatoms. The minimum Gasteiger partial charge on any atom is -0.426 e. The first-order valence-corrected chi connectivity index (χ1v) is 22.0. The zero-order valence-electron chi connectivity index (χ0n) is 39.4. The van der Waals surface area contributed by atoms with Crippen LogP contribution in [0.1, 0.15) is 149 Å². The van der Waals surface area contributed by atoms with Gasteiger partial charge in [-0.2, -0.15) is 0 Å². The highest BCUT2D eigenvalue weighted by Gasteiger charge is 2.26. The summed E-state index contributed by atoms with van der Waals surface area (Å²) in [6, 6.07) is 33.7. The SMILES string of the molecule is C.CC(C)C(=O)Oc1ccc(CO)cc1[C@H](CCN(C(C)C)C(C)C)c1ccccc1.CC(C)C(=O)Oc1ccc(CO)cc1[C@H](CCN(C(C)C)C(C)C)c1ccccc1.Cl.O. The van der Waals surface area contributed by atoms with Gasteiger partial charge < -0.3 is 25.2 Å². The molecule has 0 saturated carbocycles. The van der Waals surface area contributed by atoms with Gasteiger partial charge in [0.1, 0.15) is 11.5 Å². The Labute approximate surface area is 386 Å². The van der Waals surface area contributed by atoms with E-state index in [0.717, 1.165) is 48.2 Å². The molecule has 0 aliphatic heterocycles. The van der Waals surface area contributed by atoms with E-state index in [0.29, 0.717) is 35.7 Å². The fraction of sp³-hybridized carbons (Fsp3) is 0.509. The van der Waals surface area contributed by atoms with Crippen LogP contribution in [0.25, 0.3) is 0 Å². The maximum atomic E-state index is 12.3. The normalized spacial score (nSPS) is 12.2. The molecule has 0 radical (unpaired) electrons. The molecule has 0 fully saturated rings. The summed E-state index contributed by atoms with van der Waals surface area (Å²) in [4.78, 5) is 29.6. The van der Waals surface area contributed by atoms with Gasteiger partial charge in [-0.1, -0.05) is 108 Å². The first kappa shape index (κ1) is 58.9. The lowest BCUT2D eigenvalue weighted by Gasteiger charge is -2.32. The summed E-state index contributed by atoms with van der Waals surface area (Å²) >= 11 is 0. The van der Waals surface area contributed by atoms with Gasteiger partial charge >= 0.3 is 11.9 Å². The Morgan fingerprint density at radius 3 is 1.06 bits per heavy atom. The van der Waals surface area contributed by atoms with Gasteiger partial charge in [0.15, 0.2) is 0 Å². The third kappa shape index (κ3) is 18.1. The predicted molar refractivity (Wildman–Crippen MR) is 263 cm³/mol. The Morgan fingerprint density at radius 1 is 0.508 bits per heavy atom. The predicted octanol–water partition coefficient (Wildman–Crippen LogP) is 11.0. The van der Waals surface area contributed by atoms with E-state index in [9.17, 15) is 19.8 Å². The molecule has 2 atom stereocenters. The second kappa shape index (κ2) is 29.4. The number of esters is 2. The molecular formula is C53H81ClN2O7. The summed E-state index contributed by atoms with van der Waals surface area (Å²) in [5, 5.41) is 19.4. The minimum absolute atomic E-state index is 0. The van der Waals surface area contributed by atoms with Crippen molar-refractivity contribution in [2.45, 2.75) is 153 Å². The summed E-state index contributed by atoms with van der Waals surface area (Å²) in [7, 11) is 0. The number of halogens is 1. The van der Waals surface area contributed by atoms with Crippen LogP contribution < -0.4 is 9.47 Å². The molecule has 4 aromatic carbocycles. The van der Waals surface area contributed by atoms with E-state index in [4.69, 9.17) is 9.47 Å². The zero-order valence-corrected chi connectivity index (χ0v) is 40.2. The molecule has 4 rings (SSSR count). The highest BCUT2D eigenvalue weighted by atomic mass is 35.5. The topological polar surface area (TPSA) is 131 Å². The van der Waals surface area contributed by atoms with Crippen molar-refractivity contribution in [3.8, 4) is 11.5 Å². The van der Waals surface area contributed by atoms with Crippen molar-refractivity contribution < 1.29 is 34.8 Å². The van der Waals surface area contributed by atoms with Crippen LogP contribution in [0.3, 0.4) is 0 Å². The van der Waals surface area contributed by atoms with Crippen molar-refractivity contribution in [3.63, 3.8) is 0 Å². The first-order valence-electron chi connectivity index (χ1n) is 22.0. The van der Waals surface area contributed by atoms with Gasteiger partial charge in [-0.25, -0.2) is 0 Å². The molecule has 0 aliphatic carbocycles. The molecule has 0 aromatic heterocycles. The summed E-state index contributed by atoms with van der Waals surface area (Å²) in [6.45, 7) is 26.9. The standard InChI is InChI=1S/2C26H37NO3.CH4.ClH.H2O/c2*1-18(2)26(29)30-25-13-12-21(17-28)16-24(25)23(22-10-8-7-9-11-22)14-15-27(19(3)4)20(5)6;;;/h2*7-13,16,18-20,23,28H,14-15,17H2,1-6H3;1H4;1H;1H2/t2*23-;;;/m11.../s1. The first-order chi connectivity index (χ1) is 28.5. The highest BCUT2D eigenvalue weighted by molar-refractivity contribution is 5.85. The van der Waals surface area contributed by atoms with Crippen LogP contribution in [0, 0.1) is 11.8 Å². The van der Waals surface area contributed by atoms with Crippen LogP contribution in [0.5, 0.6) is 11.5 Å². The molecule has 0 spiro atoms. The second-order valence-corrected chi connectivity index (χ2v) is 17.6. The van der Waals surface area contributed by atoms with Gasteiger partial charge in [-0.05, 0) is 128 Å². The molecule has 0 aliphatic rings. The zero-order chi connectivity index (χ0) is 44.5. The third-order valence-corrected chi connectivity index (χ3v) is 11.0. The monoisotopic (exact) mass is 893 g/mol. The Kier molecular flexibility index (Phi) is 27.5. The number of ether oxygens (including phenoxy) is 2. The lowest BCUT2D eigenvalue weighted by Crippen LogP contribution is -2.38. The van der Waals surface area contributed by atoms with Crippen LogP contribution in [0.2, 0.25) is 0 Å². The molecule has 63 heavy (non-hydrogen) atoms. The fourth-order valence-electron chi connectivity index (χ4n) is 7.73. The Morgan fingerprint density at radius 2 is 0.810 bits per heavy atom. The average molecular weight is 894 g/mol. The lowest BCUT2D eigenvalue weighted by molar-refractivity contribution is -0.138. The number of benzene rings is 4. The molecule has 0 heterocycles. The Balaban J connectivity index is 0.00000116. The van der Waals surface area contributed by atoms with Crippen molar-refractivity contribution in [1.29, 1.82) is 0 Å². The minimum atomic E-state index is -0.245. The fourth-order valence-corrected chi connectivity index (χ4v) is 7.73. The summed E-state index contributed by atoms with van der Waals surface area (Å²) in [5.41, 5.74) is 5.91. The van der Waals surface area contributed by atoms with Crippen LogP contribution >= 0.6 is 12.4 Å². The molecule has 4 N–H and O–H groups in total. The lowest BCUT2D eigenvalue weighted by atomic mass is 9.86. The molecule has 0 bridgehead atoms. The van der Waals surface area contributed by atoms with Crippen molar-refractivity contribution >= 4 is 24.3 Å². The Hall–Kier alpha value is -4.09. The van der Waals surface area contributed by atoms with E-state index >= 15 is 0 Å². The number of nitrogens with zero attached hydrogens (tertiary/aromatic N) is 2. The van der Waals surface area contributed by atoms with Crippen molar-refractivity contribution in [1.82, 2.24) is 9.80 Å². The molecular weight excluding hydrogens is 812 g/mol. The second-order valence-electron chi connectivity index (χ2n) is 17.6. The van der Waals surface area contributed by atoms with E-state index < -0.39 is 0 Å². The van der Waals surface area contributed by atoms with Gasteiger partial charge in [-0.3, -0.25) is 19.4 Å².